The van der Waals surface area contributed by atoms with Crippen LogP contribution in [-0.2, 0) is 0 Å². The molecule has 23 heavy (non-hydrogen) atoms. The number of fused-ring (bicyclic) bond motifs is 1. The number of carbonyl (C=O) groups is 1. The first-order chi connectivity index (χ1) is 11.1. The molecule has 2 aromatic carbocycles. The van der Waals surface area contributed by atoms with Crippen molar-refractivity contribution in [3.05, 3.63) is 58.6 Å². The summed E-state index contributed by atoms with van der Waals surface area (Å²) in [7, 11) is 0. The number of amides is 1. The van der Waals surface area contributed by atoms with Crippen LogP contribution in [0.4, 0.5) is 0 Å². The van der Waals surface area contributed by atoms with Crippen molar-refractivity contribution < 1.29 is 14.3 Å². The van der Waals surface area contributed by atoms with Crippen LogP contribution in [0.3, 0.4) is 0 Å². The predicted molar refractivity (Wildman–Crippen MR) is 88.6 cm³/mol. The Labute approximate surface area is 138 Å². The molecule has 1 heterocycles. The van der Waals surface area contributed by atoms with Crippen LogP contribution in [0.5, 0.6) is 11.5 Å². The van der Waals surface area contributed by atoms with Crippen molar-refractivity contribution in [1.29, 1.82) is 0 Å². The van der Waals surface area contributed by atoms with E-state index in [0.29, 0.717) is 35.3 Å². The maximum atomic E-state index is 12.0. The van der Waals surface area contributed by atoms with Crippen LogP contribution in [0, 0.1) is 0 Å². The second-order valence-electron chi connectivity index (χ2n) is 5.01. The van der Waals surface area contributed by atoms with E-state index >= 15 is 0 Å². The molecule has 0 atom stereocenters. The first-order valence-corrected chi connectivity index (χ1v) is 7.51. The topological polar surface area (TPSA) is 59.9 Å². The summed E-state index contributed by atoms with van der Waals surface area (Å²) < 4.78 is 11.0. The van der Waals surface area contributed by atoms with Crippen molar-refractivity contribution in [1.82, 2.24) is 5.43 Å². The van der Waals surface area contributed by atoms with E-state index in [0.717, 1.165) is 11.3 Å². The summed E-state index contributed by atoms with van der Waals surface area (Å²) in [4.78, 5) is 12.0. The number of nitrogens with one attached hydrogen (secondary N) is 1. The van der Waals surface area contributed by atoms with Crippen molar-refractivity contribution in [2.75, 3.05) is 13.2 Å². The molecule has 0 aromatic heterocycles. The molecule has 5 nitrogen and oxygen atoms in total. The second kappa shape index (κ2) is 6.71. The van der Waals surface area contributed by atoms with Gasteiger partial charge < -0.3 is 9.47 Å². The molecular weight excluding hydrogens is 316 g/mol. The third-order valence-corrected chi connectivity index (χ3v) is 3.61. The number of hydrogen-bond donors (Lipinski definition) is 1. The third kappa shape index (κ3) is 3.63. The minimum Gasteiger partial charge on any atom is -0.486 e. The molecule has 6 heteroatoms. The Hall–Kier alpha value is -2.53. The lowest BCUT2D eigenvalue weighted by atomic mass is 10.1. The lowest BCUT2D eigenvalue weighted by molar-refractivity contribution is 0.0955. The van der Waals surface area contributed by atoms with Crippen molar-refractivity contribution in [3.63, 3.8) is 0 Å². The van der Waals surface area contributed by atoms with Crippen LogP contribution in [0.2, 0.25) is 5.02 Å². The van der Waals surface area contributed by atoms with Crippen LogP contribution >= 0.6 is 11.6 Å². The smallest absolute Gasteiger partial charge is 0.271 e. The van der Waals surface area contributed by atoms with E-state index in [1.54, 1.807) is 24.3 Å². The Morgan fingerprint density at radius 3 is 2.65 bits per heavy atom. The normalized spacial score (nSPS) is 13.6. The fraction of sp³-hybridized carbons (Fsp3) is 0.176. The van der Waals surface area contributed by atoms with Gasteiger partial charge in [0.15, 0.2) is 11.5 Å². The number of benzene rings is 2. The van der Waals surface area contributed by atoms with Crippen molar-refractivity contribution in [3.8, 4) is 11.5 Å². The molecule has 0 bridgehead atoms. The predicted octanol–water partition coefficient (Wildman–Crippen LogP) is 3.27. The Morgan fingerprint density at radius 1 is 1.09 bits per heavy atom. The van der Waals surface area contributed by atoms with Crippen LogP contribution in [0.25, 0.3) is 0 Å². The third-order valence-electron chi connectivity index (χ3n) is 3.37. The molecule has 0 fully saturated rings. The molecule has 0 aliphatic carbocycles. The molecule has 2 aromatic rings. The van der Waals surface area contributed by atoms with E-state index in [9.17, 15) is 4.79 Å². The van der Waals surface area contributed by atoms with Crippen LogP contribution in [-0.4, -0.2) is 24.8 Å². The fourth-order valence-corrected chi connectivity index (χ4v) is 2.35. The van der Waals surface area contributed by atoms with Gasteiger partial charge in [0, 0.05) is 16.1 Å². The summed E-state index contributed by atoms with van der Waals surface area (Å²) in [6.07, 6.45) is 0. The SMILES string of the molecule is C/C(=N/NC(=O)c1cccc(Cl)c1)c1ccc2c(c1)OCCO2. The molecular formula is C17H15ClN2O3. The Balaban J connectivity index is 1.73. The van der Waals surface area contributed by atoms with Gasteiger partial charge in [0.2, 0.25) is 0 Å². The van der Waals surface area contributed by atoms with E-state index in [1.807, 2.05) is 25.1 Å². The molecule has 0 saturated heterocycles. The minimum absolute atomic E-state index is 0.315. The summed E-state index contributed by atoms with van der Waals surface area (Å²) in [5.74, 6) is 1.09. The number of hydrazone groups is 1. The highest BCUT2D eigenvalue weighted by Gasteiger charge is 2.13. The van der Waals surface area contributed by atoms with Gasteiger partial charge in [0.1, 0.15) is 13.2 Å². The summed E-state index contributed by atoms with van der Waals surface area (Å²) in [6, 6.07) is 12.2. The zero-order valence-electron chi connectivity index (χ0n) is 12.5. The van der Waals surface area contributed by atoms with Crippen LogP contribution in [0.1, 0.15) is 22.8 Å². The largest absolute Gasteiger partial charge is 0.486 e. The average molecular weight is 331 g/mol. The number of hydrogen-bond acceptors (Lipinski definition) is 4. The molecule has 3 rings (SSSR count). The lowest BCUT2D eigenvalue weighted by Gasteiger charge is -2.18. The molecule has 0 spiro atoms. The molecule has 0 radical (unpaired) electrons. The summed E-state index contributed by atoms with van der Waals surface area (Å²) >= 11 is 5.87. The van der Waals surface area contributed by atoms with Crippen molar-refractivity contribution >= 4 is 23.2 Å². The minimum atomic E-state index is -0.315. The number of ether oxygens (including phenoxy) is 2. The zero-order valence-corrected chi connectivity index (χ0v) is 13.3. The fourth-order valence-electron chi connectivity index (χ4n) is 2.16. The first-order valence-electron chi connectivity index (χ1n) is 7.14. The maximum Gasteiger partial charge on any atom is 0.271 e. The van der Waals surface area contributed by atoms with Gasteiger partial charge in [-0.2, -0.15) is 5.10 Å². The number of rotatable bonds is 3. The van der Waals surface area contributed by atoms with E-state index < -0.39 is 0 Å². The lowest BCUT2D eigenvalue weighted by Crippen LogP contribution is -2.19. The molecule has 1 aliphatic heterocycles. The highest BCUT2D eigenvalue weighted by molar-refractivity contribution is 6.30. The van der Waals surface area contributed by atoms with E-state index in [4.69, 9.17) is 21.1 Å². The van der Waals surface area contributed by atoms with Crippen molar-refractivity contribution in [2.45, 2.75) is 6.92 Å². The van der Waals surface area contributed by atoms with Gasteiger partial charge in [-0.15, -0.1) is 0 Å². The average Bonchev–Trinajstić information content (AvgIpc) is 2.59. The quantitative estimate of drug-likeness (QED) is 0.694. The zero-order chi connectivity index (χ0) is 16.2. The van der Waals surface area contributed by atoms with Gasteiger partial charge in [-0.25, -0.2) is 5.43 Å². The Morgan fingerprint density at radius 2 is 1.87 bits per heavy atom. The Kier molecular flexibility index (Phi) is 4.48. The molecule has 0 unspecified atom stereocenters. The molecule has 1 N–H and O–H groups in total. The van der Waals surface area contributed by atoms with Gasteiger partial charge in [-0.05, 0) is 43.3 Å². The van der Waals surface area contributed by atoms with Crippen LogP contribution < -0.4 is 14.9 Å². The highest BCUT2D eigenvalue weighted by Crippen LogP contribution is 2.30. The monoisotopic (exact) mass is 330 g/mol. The highest BCUT2D eigenvalue weighted by atomic mass is 35.5. The summed E-state index contributed by atoms with van der Waals surface area (Å²) in [5.41, 5.74) is 4.49. The maximum absolute atomic E-state index is 12.0. The number of halogens is 1. The van der Waals surface area contributed by atoms with Gasteiger partial charge in [0.25, 0.3) is 5.91 Å². The molecule has 0 saturated carbocycles. The first kappa shape index (κ1) is 15.4. The second-order valence-corrected chi connectivity index (χ2v) is 5.44. The van der Waals surface area contributed by atoms with E-state index in [-0.39, 0.29) is 5.91 Å². The van der Waals surface area contributed by atoms with E-state index in [2.05, 4.69) is 10.5 Å². The number of nitrogens with zero attached hydrogens (tertiary/aromatic N) is 1. The van der Waals surface area contributed by atoms with E-state index in [1.165, 1.54) is 0 Å². The van der Waals surface area contributed by atoms with Crippen LogP contribution in [0.15, 0.2) is 47.6 Å². The number of carbonyl (C=O) groups excluding carboxylic acids is 1. The molecule has 1 aliphatic rings. The van der Waals surface area contributed by atoms with Crippen molar-refractivity contribution in [2.24, 2.45) is 5.10 Å². The van der Waals surface area contributed by atoms with Gasteiger partial charge in [-0.3, -0.25) is 4.79 Å². The van der Waals surface area contributed by atoms with Gasteiger partial charge >= 0.3 is 0 Å². The standard InChI is InChI=1S/C17H15ClN2O3/c1-11(12-5-6-15-16(10-12)23-8-7-22-15)19-20-17(21)13-3-2-4-14(18)9-13/h2-6,9-10H,7-8H2,1H3,(H,20,21)/b19-11-. The molecule has 118 valence electrons. The summed E-state index contributed by atoms with van der Waals surface area (Å²) in [5, 5.41) is 4.63. The van der Waals surface area contributed by atoms with Gasteiger partial charge in [0.05, 0.1) is 5.71 Å². The van der Waals surface area contributed by atoms with Gasteiger partial charge in [-0.1, -0.05) is 17.7 Å². The summed E-state index contributed by atoms with van der Waals surface area (Å²) in [6.45, 7) is 2.89. The Bertz CT molecular complexity index is 774. The molecule has 1 amide bonds.